The number of guanidine groups is 1. The number of nitrogens with one attached hydrogen (secondary N) is 3. The summed E-state index contributed by atoms with van der Waals surface area (Å²) in [4.78, 5) is 4.45. The molecule has 0 aliphatic rings. The SMILES string of the molecule is CCCCOCCCN=C(NCC)NCCCNS(C)(=O)=O. The Hall–Kier alpha value is -0.860. The van der Waals surface area contributed by atoms with Crippen molar-refractivity contribution in [3.63, 3.8) is 0 Å². The van der Waals surface area contributed by atoms with Crippen molar-refractivity contribution >= 4 is 16.0 Å². The summed E-state index contributed by atoms with van der Waals surface area (Å²) >= 11 is 0. The lowest BCUT2D eigenvalue weighted by Gasteiger charge is -2.11. The molecule has 22 heavy (non-hydrogen) atoms. The molecule has 0 rings (SSSR count). The second-order valence-electron chi connectivity index (χ2n) is 5.03. The Balaban J connectivity index is 3.77. The van der Waals surface area contributed by atoms with Gasteiger partial charge in [0.05, 0.1) is 6.26 Å². The van der Waals surface area contributed by atoms with E-state index >= 15 is 0 Å². The van der Waals surface area contributed by atoms with Crippen LogP contribution in [0.1, 0.15) is 39.5 Å². The molecule has 0 aromatic heterocycles. The zero-order chi connectivity index (χ0) is 16.7. The smallest absolute Gasteiger partial charge is 0.208 e. The van der Waals surface area contributed by atoms with Crippen molar-refractivity contribution in [1.82, 2.24) is 15.4 Å². The van der Waals surface area contributed by atoms with Gasteiger partial charge in [0.15, 0.2) is 5.96 Å². The number of hydrogen-bond acceptors (Lipinski definition) is 4. The minimum absolute atomic E-state index is 0.427. The Morgan fingerprint density at radius 2 is 1.77 bits per heavy atom. The topological polar surface area (TPSA) is 91.8 Å². The van der Waals surface area contributed by atoms with Gasteiger partial charge in [-0.2, -0.15) is 0 Å². The van der Waals surface area contributed by atoms with E-state index in [0.29, 0.717) is 26.1 Å². The fourth-order valence-electron chi connectivity index (χ4n) is 1.60. The van der Waals surface area contributed by atoms with Gasteiger partial charge in [-0.25, -0.2) is 13.1 Å². The normalized spacial score (nSPS) is 12.4. The standard InChI is InChI=1S/C14H32N4O3S/c1-4-6-12-21-13-8-10-17-14(15-5-2)16-9-7-11-18-22(3,19)20/h18H,4-13H2,1-3H3,(H2,15,16,17). The minimum Gasteiger partial charge on any atom is -0.381 e. The van der Waals surface area contributed by atoms with Gasteiger partial charge in [-0.1, -0.05) is 13.3 Å². The van der Waals surface area contributed by atoms with Crippen molar-refractivity contribution in [2.24, 2.45) is 4.99 Å². The van der Waals surface area contributed by atoms with E-state index in [0.717, 1.165) is 51.2 Å². The van der Waals surface area contributed by atoms with Crippen molar-refractivity contribution in [3.05, 3.63) is 0 Å². The highest BCUT2D eigenvalue weighted by atomic mass is 32.2. The van der Waals surface area contributed by atoms with Gasteiger partial charge >= 0.3 is 0 Å². The molecule has 132 valence electrons. The Morgan fingerprint density at radius 3 is 2.41 bits per heavy atom. The second-order valence-corrected chi connectivity index (χ2v) is 6.86. The average molecular weight is 337 g/mol. The second kappa shape index (κ2) is 13.8. The molecule has 8 heteroatoms. The molecule has 0 aliphatic carbocycles. The van der Waals surface area contributed by atoms with Gasteiger partial charge in [0.1, 0.15) is 0 Å². The van der Waals surface area contributed by atoms with Crippen LogP contribution in [-0.2, 0) is 14.8 Å². The lowest BCUT2D eigenvalue weighted by Crippen LogP contribution is -2.38. The average Bonchev–Trinajstić information content (AvgIpc) is 2.44. The first-order valence-electron chi connectivity index (χ1n) is 8.04. The third-order valence-corrected chi connectivity index (χ3v) is 3.44. The maximum atomic E-state index is 10.9. The largest absolute Gasteiger partial charge is 0.381 e. The van der Waals surface area contributed by atoms with E-state index in [9.17, 15) is 8.42 Å². The third-order valence-electron chi connectivity index (χ3n) is 2.71. The van der Waals surface area contributed by atoms with Crippen molar-refractivity contribution < 1.29 is 13.2 Å². The van der Waals surface area contributed by atoms with E-state index in [1.165, 1.54) is 0 Å². The molecule has 0 aliphatic heterocycles. The van der Waals surface area contributed by atoms with Crippen LogP contribution in [0.2, 0.25) is 0 Å². The quantitative estimate of drug-likeness (QED) is 0.261. The fraction of sp³-hybridized carbons (Fsp3) is 0.929. The predicted molar refractivity (Wildman–Crippen MR) is 91.8 cm³/mol. The molecule has 0 spiro atoms. The van der Waals surface area contributed by atoms with Crippen LogP contribution in [0.25, 0.3) is 0 Å². The minimum atomic E-state index is -3.10. The van der Waals surface area contributed by atoms with Gasteiger partial charge in [0.2, 0.25) is 10.0 Å². The Morgan fingerprint density at radius 1 is 1.05 bits per heavy atom. The summed E-state index contributed by atoms with van der Waals surface area (Å²) in [5, 5.41) is 6.34. The molecule has 0 fully saturated rings. The van der Waals surface area contributed by atoms with Gasteiger partial charge < -0.3 is 15.4 Å². The summed E-state index contributed by atoms with van der Waals surface area (Å²) in [6, 6.07) is 0. The molecule has 0 heterocycles. The highest BCUT2D eigenvalue weighted by Crippen LogP contribution is 1.90. The predicted octanol–water partition coefficient (Wildman–Crippen LogP) is 0.688. The van der Waals surface area contributed by atoms with Crippen molar-refractivity contribution in [2.75, 3.05) is 45.6 Å². The highest BCUT2D eigenvalue weighted by molar-refractivity contribution is 7.88. The molecule has 0 atom stereocenters. The van der Waals surface area contributed by atoms with E-state index in [4.69, 9.17) is 4.74 Å². The number of nitrogens with zero attached hydrogens (tertiary/aromatic N) is 1. The fourth-order valence-corrected chi connectivity index (χ4v) is 2.12. The van der Waals surface area contributed by atoms with Crippen LogP contribution in [0.3, 0.4) is 0 Å². The Labute approximate surface area is 135 Å². The molecule has 0 amide bonds. The van der Waals surface area contributed by atoms with Crippen molar-refractivity contribution in [3.8, 4) is 0 Å². The lowest BCUT2D eigenvalue weighted by molar-refractivity contribution is 0.130. The molecule has 7 nitrogen and oxygen atoms in total. The van der Waals surface area contributed by atoms with Crippen LogP contribution in [0, 0.1) is 0 Å². The summed E-state index contributed by atoms with van der Waals surface area (Å²) < 4.78 is 29.8. The van der Waals surface area contributed by atoms with Crippen LogP contribution >= 0.6 is 0 Å². The van der Waals surface area contributed by atoms with Crippen LogP contribution in [0.15, 0.2) is 4.99 Å². The Kier molecular flexibility index (Phi) is 13.2. The number of sulfonamides is 1. The van der Waals surface area contributed by atoms with Gasteiger partial charge in [0, 0.05) is 39.4 Å². The lowest BCUT2D eigenvalue weighted by atomic mass is 10.4. The molecular weight excluding hydrogens is 304 g/mol. The maximum absolute atomic E-state index is 10.9. The van der Waals surface area contributed by atoms with Gasteiger partial charge in [-0.05, 0) is 26.2 Å². The molecule has 3 N–H and O–H groups in total. The number of hydrogen-bond donors (Lipinski definition) is 3. The molecule has 0 aromatic carbocycles. The summed E-state index contributed by atoms with van der Waals surface area (Å²) in [6.07, 6.45) is 5.03. The molecule has 0 saturated carbocycles. The first-order chi connectivity index (χ1) is 10.5. The van der Waals surface area contributed by atoms with Crippen molar-refractivity contribution in [2.45, 2.75) is 39.5 Å². The summed E-state index contributed by atoms with van der Waals surface area (Å²) in [5.41, 5.74) is 0. The number of unbranched alkanes of at least 4 members (excludes halogenated alkanes) is 1. The molecule has 0 saturated heterocycles. The zero-order valence-corrected chi connectivity index (χ0v) is 15.0. The van der Waals surface area contributed by atoms with E-state index in [2.05, 4.69) is 27.3 Å². The van der Waals surface area contributed by atoms with E-state index in [1.54, 1.807) is 0 Å². The van der Waals surface area contributed by atoms with E-state index in [-0.39, 0.29) is 0 Å². The molecule has 0 radical (unpaired) electrons. The van der Waals surface area contributed by atoms with Crippen LogP contribution in [0.4, 0.5) is 0 Å². The maximum Gasteiger partial charge on any atom is 0.208 e. The number of ether oxygens (including phenoxy) is 1. The molecule has 0 aromatic rings. The Bertz CT molecular complexity index is 386. The molecule has 0 unspecified atom stereocenters. The summed E-state index contributed by atoms with van der Waals surface area (Å²) in [7, 11) is -3.10. The monoisotopic (exact) mass is 336 g/mol. The van der Waals surface area contributed by atoms with Gasteiger partial charge in [-0.15, -0.1) is 0 Å². The van der Waals surface area contributed by atoms with E-state index < -0.39 is 10.0 Å². The molecule has 0 bridgehead atoms. The molecular formula is C14H32N4O3S. The highest BCUT2D eigenvalue weighted by Gasteiger charge is 2.00. The first-order valence-corrected chi connectivity index (χ1v) is 9.93. The first kappa shape index (κ1) is 21.1. The van der Waals surface area contributed by atoms with E-state index in [1.807, 2.05) is 6.92 Å². The summed E-state index contributed by atoms with van der Waals surface area (Å²) in [6.45, 7) is 8.32. The van der Waals surface area contributed by atoms with Crippen molar-refractivity contribution in [1.29, 1.82) is 0 Å². The third kappa shape index (κ3) is 15.5. The number of aliphatic imine (C=N–C) groups is 1. The van der Waals surface area contributed by atoms with Crippen LogP contribution in [-0.4, -0.2) is 60.0 Å². The van der Waals surface area contributed by atoms with Crippen LogP contribution < -0.4 is 15.4 Å². The zero-order valence-electron chi connectivity index (χ0n) is 14.2. The summed E-state index contributed by atoms with van der Waals surface area (Å²) in [5.74, 6) is 0.760. The van der Waals surface area contributed by atoms with Gasteiger partial charge in [-0.3, -0.25) is 4.99 Å². The number of rotatable bonds is 13. The van der Waals surface area contributed by atoms with Crippen LogP contribution in [0.5, 0.6) is 0 Å². The van der Waals surface area contributed by atoms with Gasteiger partial charge in [0.25, 0.3) is 0 Å².